The summed E-state index contributed by atoms with van der Waals surface area (Å²) in [5, 5.41) is 4.43. The number of halogens is 2. The zero-order valence-electron chi connectivity index (χ0n) is 11.6. The van der Waals surface area contributed by atoms with Gasteiger partial charge in [-0.05, 0) is 12.0 Å². The molecule has 110 valence electrons. The van der Waals surface area contributed by atoms with Gasteiger partial charge in [-0.15, -0.1) is 0 Å². The Labute approximate surface area is 116 Å². The van der Waals surface area contributed by atoms with Gasteiger partial charge in [0, 0.05) is 25.5 Å². The smallest absolute Gasteiger partial charge is 0.255 e. The Morgan fingerprint density at radius 1 is 1.40 bits per heavy atom. The van der Waals surface area contributed by atoms with E-state index in [0.29, 0.717) is 18.9 Å². The molecule has 0 amide bonds. The molecule has 2 N–H and O–H groups in total. The lowest BCUT2D eigenvalue weighted by atomic mass is 10.1. The molecule has 20 heavy (non-hydrogen) atoms. The molecule has 5 nitrogen and oxygen atoms in total. The molecule has 7 heteroatoms. The monoisotopic (exact) mass is 283 g/mol. The first-order valence-electron chi connectivity index (χ1n) is 6.60. The van der Waals surface area contributed by atoms with E-state index in [1.165, 1.54) is 4.90 Å². The van der Waals surface area contributed by atoms with Crippen molar-refractivity contribution in [2.45, 2.75) is 26.2 Å². The van der Waals surface area contributed by atoms with Crippen LogP contribution in [0.15, 0.2) is 18.5 Å². The number of nitrogens with zero attached hydrogens (tertiary/aromatic N) is 4. The fourth-order valence-corrected chi connectivity index (χ4v) is 2.06. The SMILES string of the molecule is CC(C)c1cc2c(N(CCN)CC(F)F)nccn2n1. The molecule has 2 aromatic rings. The zero-order chi connectivity index (χ0) is 14.7. The number of alkyl halides is 2. The minimum absolute atomic E-state index is 0.265. The molecule has 0 fully saturated rings. The molecule has 0 saturated heterocycles. The molecule has 0 aliphatic carbocycles. The minimum Gasteiger partial charge on any atom is -0.348 e. The second kappa shape index (κ2) is 6.13. The molecule has 2 rings (SSSR count). The topological polar surface area (TPSA) is 59.5 Å². The molecule has 0 spiro atoms. The van der Waals surface area contributed by atoms with E-state index in [0.717, 1.165) is 11.2 Å². The highest BCUT2D eigenvalue weighted by Crippen LogP contribution is 2.23. The molecule has 0 aliphatic rings. The molecule has 0 saturated carbocycles. The number of rotatable bonds is 6. The van der Waals surface area contributed by atoms with Gasteiger partial charge >= 0.3 is 0 Å². The van der Waals surface area contributed by atoms with Gasteiger partial charge < -0.3 is 10.6 Å². The summed E-state index contributed by atoms with van der Waals surface area (Å²) < 4.78 is 27.1. The summed E-state index contributed by atoms with van der Waals surface area (Å²) in [7, 11) is 0. The van der Waals surface area contributed by atoms with Gasteiger partial charge in [0.15, 0.2) is 5.82 Å². The quantitative estimate of drug-likeness (QED) is 0.879. The first-order valence-corrected chi connectivity index (χ1v) is 6.60. The van der Waals surface area contributed by atoms with Crippen molar-refractivity contribution in [1.82, 2.24) is 14.6 Å². The van der Waals surface area contributed by atoms with Crippen LogP contribution in [0.3, 0.4) is 0 Å². The van der Waals surface area contributed by atoms with Crippen LogP contribution in [0.4, 0.5) is 14.6 Å². The largest absolute Gasteiger partial charge is 0.348 e. The molecule has 0 aromatic carbocycles. The van der Waals surface area contributed by atoms with Crippen LogP contribution in [-0.4, -0.2) is 40.7 Å². The minimum atomic E-state index is -2.43. The molecule has 2 heterocycles. The van der Waals surface area contributed by atoms with Crippen LogP contribution >= 0.6 is 0 Å². The first-order chi connectivity index (χ1) is 9.52. The summed E-state index contributed by atoms with van der Waals surface area (Å²) in [6.45, 7) is 4.31. The molecule has 0 bridgehead atoms. The van der Waals surface area contributed by atoms with Gasteiger partial charge in [-0.2, -0.15) is 5.10 Å². The number of nitrogens with two attached hydrogens (primary N) is 1. The van der Waals surface area contributed by atoms with Crippen molar-refractivity contribution in [3.8, 4) is 0 Å². The Balaban J connectivity index is 2.45. The number of aromatic nitrogens is 3. The van der Waals surface area contributed by atoms with Gasteiger partial charge in [-0.1, -0.05) is 13.8 Å². The van der Waals surface area contributed by atoms with Crippen LogP contribution in [0.25, 0.3) is 5.52 Å². The molecule has 0 radical (unpaired) electrons. The maximum atomic E-state index is 12.7. The Morgan fingerprint density at radius 2 is 2.15 bits per heavy atom. The lowest BCUT2D eigenvalue weighted by Crippen LogP contribution is -2.34. The molecular formula is C13H19F2N5. The Kier molecular flexibility index (Phi) is 4.49. The van der Waals surface area contributed by atoms with Gasteiger partial charge in [0.25, 0.3) is 6.43 Å². The number of hydrogen-bond acceptors (Lipinski definition) is 4. The van der Waals surface area contributed by atoms with Crippen molar-refractivity contribution in [2.24, 2.45) is 5.73 Å². The van der Waals surface area contributed by atoms with E-state index in [9.17, 15) is 8.78 Å². The molecule has 0 aliphatic heterocycles. The molecule has 0 atom stereocenters. The molecule has 0 unspecified atom stereocenters. The average Bonchev–Trinajstić information content (AvgIpc) is 2.81. The van der Waals surface area contributed by atoms with E-state index in [2.05, 4.69) is 10.1 Å². The Morgan fingerprint density at radius 3 is 2.75 bits per heavy atom. The van der Waals surface area contributed by atoms with E-state index in [-0.39, 0.29) is 12.5 Å². The van der Waals surface area contributed by atoms with Gasteiger partial charge in [-0.25, -0.2) is 18.3 Å². The number of hydrogen-bond donors (Lipinski definition) is 1. The number of fused-ring (bicyclic) bond motifs is 1. The van der Waals surface area contributed by atoms with Crippen molar-refractivity contribution in [3.63, 3.8) is 0 Å². The first kappa shape index (κ1) is 14.6. The van der Waals surface area contributed by atoms with E-state index in [4.69, 9.17) is 5.73 Å². The number of anilines is 1. The van der Waals surface area contributed by atoms with Crippen molar-refractivity contribution >= 4 is 11.3 Å². The van der Waals surface area contributed by atoms with Gasteiger partial charge in [0.2, 0.25) is 0 Å². The standard InChI is InChI=1S/C13H19F2N5/c1-9(2)10-7-11-13(17-4-6-20(11)18-10)19(5-3-16)8-12(14)15/h4,6-7,9,12H,3,5,8,16H2,1-2H3. The third kappa shape index (κ3) is 3.04. The summed E-state index contributed by atoms with van der Waals surface area (Å²) in [4.78, 5) is 5.73. The summed E-state index contributed by atoms with van der Waals surface area (Å²) in [6.07, 6.45) is 0.846. The Hall–Kier alpha value is -1.76. The lowest BCUT2D eigenvalue weighted by molar-refractivity contribution is 0.155. The van der Waals surface area contributed by atoms with Crippen LogP contribution < -0.4 is 10.6 Å². The predicted molar refractivity (Wildman–Crippen MR) is 74.3 cm³/mol. The van der Waals surface area contributed by atoms with Crippen LogP contribution in [0.2, 0.25) is 0 Å². The Bertz CT molecular complexity index is 567. The van der Waals surface area contributed by atoms with Crippen LogP contribution in [0.5, 0.6) is 0 Å². The van der Waals surface area contributed by atoms with Crippen molar-refractivity contribution in [2.75, 3.05) is 24.5 Å². The zero-order valence-corrected chi connectivity index (χ0v) is 11.6. The average molecular weight is 283 g/mol. The maximum absolute atomic E-state index is 12.7. The third-order valence-electron chi connectivity index (χ3n) is 3.04. The summed E-state index contributed by atoms with van der Waals surface area (Å²) in [5.41, 5.74) is 7.14. The van der Waals surface area contributed by atoms with Gasteiger partial charge in [-0.3, -0.25) is 0 Å². The summed E-state index contributed by atoms with van der Waals surface area (Å²) in [5.74, 6) is 0.762. The highest BCUT2D eigenvalue weighted by Gasteiger charge is 2.18. The van der Waals surface area contributed by atoms with Crippen molar-refractivity contribution in [1.29, 1.82) is 0 Å². The van der Waals surface area contributed by atoms with Gasteiger partial charge in [0.05, 0.1) is 12.2 Å². The van der Waals surface area contributed by atoms with Crippen LogP contribution in [0, 0.1) is 0 Å². The normalized spacial score (nSPS) is 11.8. The van der Waals surface area contributed by atoms with Crippen molar-refractivity contribution < 1.29 is 8.78 Å². The molecular weight excluding hydrogens is 264 g/mol. The fraction of sp³-hybridized carbons (Fsp3) is 0.538. The summed E-state index contributed by atoms with van der Waals surface area (Å²) in [6, 6.07) is 1.89. The molecule has 2 aromatic heterocycles. The maximum Gasteiger partial charge on any atom is 0.255 e. The van der Waals surface area contributed by atoms with Gasteiger partial charge in [0.1, 0.15) is 5.52 Å². The second-order valence-corrected chi connectivity index (χ2v) is 4.93. The second-order valence-electron chi connectivity index (χ2n) is 4.93. The fourth-order valence-electron chi connectivity index (χ4n) is 2.06. The van der Waals surface area contributed by atoms with E-state index >= 15 is 0 Å². The van der Waals surface area contributed by atoms with E-state index in [1.54, 1.807) is 16.9 Å². The van der Waals surface area contributed by atoms with Crippen LogP contribution in [-0.2, 0) is 0 Å². The van der Waals surface area contributed by atoms with Crippen molar-refractivity contribution in [3.05, 3.63) is 24.2 Å². The van der Waals surface area contributed by atoms with E-state index < -0.39 is 6.43 Å². The lowest BCUT2D eigenvalue weighted by Gasteiger charge is -2.22. The van der Waals surface area contributed by atoms with Crippen LogP contribution in [0.1, 0.15) is 25.5 Å². The van der Waals surface area contributed by atoms with E-state index in [1.807, 2.05) is 19.9 Å². The predicted octanol–water partition coefficient (Wildman–Crippen LogP) is 1.88. The highest BCUT2D eigenvalue weighted by molar-refractivity contribution is 5.69. The highest BCUT2D eigenvalue weighted by atomic mass is 19.3. The third-order valence-corrected chi connectivity index (χ3v) is 3.04. The summed E-state index contributed by atoms with van der Waals surface area (Å²) >= 11 is 0.